The fraction of sp³-hybridized carbons (Fsp3) is 0.455. The summed E-state index contributed by atoms with van der Waals surface area (Å²) in [5, 5.41) is 11.9. The second kappa shape index (κ2) is 5.36. The van der Waals surface area contributed by atoms with Crippen molar-refractivity contribution in [2.45, 2.75) is 32.4 Å². The molecule has 0 aliphatic carbocycles. The minimum Gasteiger partial charge on any atom is -0.307 e. The van der Waals surface area contributed by atoms with Crippen LogP contribution in [0.5, 0.6) is 0 Å². The van der Waals surface area contributed by atoms with E-state index in [-0.39, 0.29) is 12.1 Å². The Kier molecular flexibility index (Phi) is 4.09. The van der Waals surface area contributed by atoms with Gasteiger partial charge in [0.05, 0.1) is 12.5 Å². The summed E-state index contributed by atoms with van der Waals surface area (Å²) in [5.41, 5.74) is 1.20. The largest absolute Gasteiger partial charge is 0.307 e. The van der Waals surface area contributed by atoms with Gasteiger partial charge in [-0.25, -0.2) is 0 Å². The molecule has 0 fully saturated rings. The first-order valence-corrected chi connectivity index (χ1v) is 4.77. The number of hydrogen-bond acceptors (Lipinski definition) is 3. The topological polar surface area (TPSA) is 48.7 Å². The van der Waals surface area contributed by atoms with Crippen LogP contribution in [0.1, 0.15) is 31.9 Å². The number of nitrogens with zero attached hydrogens (tertiary/aromatic N) is 2. The maximum atomic E-state index is 8.52. The zero-order valence-electron chi connectivity index (χ0n) is 8.57. The second-order valence-electron chi connectivity index (χ2n) is 3.43. The molecule has 1 aromatic heterocycles. The molecule has 2 atom stereocenters. The summed E-state index contributed by atoms with van der Waals surface area (Å²) in [4.78, 5) is 3.96. The summed E-state index contributed by atoms with van der Waals surface area (Å²) in [6, 6.07) is 6.61. The average Bonchev–Trinajstić information content (AvgIpc) is 2.19. The summed E-state index contributed by atoms with van der Waals surface area (Å²) < 4.78 is 0. The fourth-order valence-corrected chi connectivity index (χ4v) is 1.37. The van der Waals surface area contributed by atoms with Crippen LogP contribution in [-0.4, -0.2) is 11.0 Å². The van der Waals surface area contributed by atoms with Gasteiger partial charge in [0.15, 0.2) is 0 Å². The first kappa shape index (κ1) is 10.7. The molecule has 0 bridgehead atoms. The standard InChI is InChI=1S/C11H15N3/c1-9(3-6-12)14-10(2)11-4-7-13-8-5-11/h4-5,7-10,14H,3H2,1-2H3/t9?,10-/m0/s1. The highest BCUT2D eigenvalue weighted by Gasteiger charge is 2.08. The second-order valence-corrected chi connectivity index (χ2v) is 3.43. The Morgan fingerprint density at radius 1 is 1.43 bits per heavy atom. The smallest absolute Gasteiger partial charge is 0.0638 e. The number of hydrogen-bond donors (Lipinski definition) is 1. The van der Waals surface area contributed by atoms with Crippen molar-refractivity contribution in [3.05, 3.63) is 30.1 Å². The molecule has 1 aromatic rings. The third-order valence-corrected chi connectivity index (χ3v) is 2.14. The Hall–Kier alpha value is -1.40. The quantitative estimate of drug-likeness (QED) is 0.788. The van der Waals surface area contributed by atoms with E-state index in [9.17, 15) is 0 Å². The summed E-state index contributed by atoms with van der Waals surface area (Å²) >= 11 is 0. The first-order chi connectivity index (χ1) is 6.74. The van der Waals surface area contributed by atoms with Crippen molar-refractivity contribution in [2.75, 3.05) is 0 Å². The molecule has 0 aliphatic heterocycles. The van der Waals surface area contributed by atoms with Crippen molar-refractivity contribution in [1.82, 2.24) is 10.3 Å². The van der Waals surface area contributed by atoms with Crippen molar-refractivity contribution in [1.29, 1.82) is 5.26 Å². The predicted octanol–water partition coefficient (Wildman–Crippen LogP) is 2.03. The number of aromatic nitrogens is 1. The van der Waals surface area contributed by atoms with Crippen LogP contribution in [0.2, 0.25) is 0 Å². The lowest BCUT2D eigenvalue weighted by Crippen LogP contribution is -2.28. The van der Waals surface area contributed by atoms with E-state index in [0.717, 1.165) is 0 Å². The minimum atomic E-state index is 0.225. The normalized spacial score (nSPS) is 14.4. The van der Waals surface area contributed by atoms with Gasteiger partial charge in [0.1, 0.15) is 0 Å². The molecule has 1 N–H and O–H groups in total. The van der Waals surface area contributed by atoms with Gasteiger partial charge in [-0.3, -0.25) is 4.98 Å². The first-order valence-electron chi connectivity index (χ1n) is 4.77. The lowest BCUT2D eigenvalue weighted by Gasteiger charge is -2.17. The predicted molar refractivity (Wildman–Crippen MR) is 55.5 cm³/mol. The third kappa shape index (κ3) is 3.15. The van der Waals surface area contributed by atoms with Crippen LogP contribution in [0.25, 0.3) is 0 Å². The molecule has 0 amide bonds. The van der Waals surface area contributed by atoms with Gasteiger partial charge in [0.25, 0.3) is 0 Å². The summed E-state index contributed by atoms with van der Waals surface area (Å²) in [5.74, 6) is 0. The molecule has 1 unspecified atom stereocenters. The highest BCUT2D eigenvalue weighted by atomic mass is 14.9. The van der Waals surface area contributed by atoms with E-state index in [1.807, 2.05) is 19.1 Å². The Labute approximate surface area is 84.8 Å². The molecule has 0 saturated carbocycles. The number of pyridine rings is 1. The van der Waals surface area contributed by atoms with Crippen molar-refractivity contribution in [3.63, 3.8) is 0 Å². The average molecular weight is 189 g/mol. The molecule has 0 radical (unpaired) electrons. The molecule has 1 heterocycles. The molecule has 1 rings (SSSR count). The SMILES string of the molecule is CC(CC#N)N[C@@H](C)c1ccncc1. The van der Waals surface area contributed by atoms with Crippen LogP contribution in [0.4, 0.5) is 0 Å². The van der Waals surface area contributed by atoms with Crippen LogP contribution in [-0.2, 0) is 0 Å². The monoisotopic (exact) mass is 189 g/mol. The fourth-order valence-electron chi connectivity index (χ4n) is 1.37. The Morgan fingerprint density at radius 3 is 2.64 bits per heavy atom. The summed E-state index contributed by atoms with van der Waals surface area (Å²) in [6.45, 7) is 4.10. The molecule has 0 spiro atoms. The highest BCUT2D eigenvalue weighted by molar-refractivity contribution is 5.14. The summed E-state index contributed by atoms with van der Waals surface area (Å²) in [6.07, 6.45) is 4.10. The van der Waals surface area contributed by atoms with Crippen molar-refractivity contribution >= 4 is 0 Å². The van der Waals surface area contributed by atoms with Crippen molar-refractivity contribution in [3.8, 4) is 6.07 Å². The molecule has 3 nitrogen and oxygen atoms in total. The zero-order chi connectivity index (χ0) is 10.4. The number of rotatable bonds is 4. The van der Waals surface area contributed by atoms with Gasteiger partial charge in [0, 0.05) is 24.5 Å². The molecule has 0 aromatic carbocycles. The van der Waals surface area contributed by atoms with E-state index < -0.39 is 0 Å². The Bertz CT molecular complexity index is 302. The molecule has 74 valence electrons. The van der Waals surface area contributed by atoms with Gasteiger partial charge in [-0.05, 0) is 31.5 Å². The third-order valence-electron chi connectivity index (χ3n) is 2.14. The van der Waals surface area contributed by atoms with E-state index in [0.29, 0.717) is 6.42 Å². The van der Waals surface area contributed by atoms with Gasteiger partial charge >= 0.3 is 0 Å². The van der Waals surface area contributed by atoms with Crippen LogP contribution >= 0.6 is 0 Å². The van der Waals surface area contributed by atoms with Crippen molar-refractivity contribution in [2.24, 2.45) is 0 Å². The molecular formula is C11H15N3. The van der Waals surface area contributed by atoms with E-state index in [1.54, 1.807) is 12.4 Å². The van der Waals surface area contributed by atoms with E-state index in [4.69, 9.17) is 5.26 Å². The highest BCUT2D eigenvalue weighted by Crippen LogP contribution is 2.11. The van der Waals surface area contributed by atoms with Crippen LogP contribution in [0, 0.1) is 11.3 Å². The summed E-state index contributed by atoms with van der Waals surface area (Å²) in [7, 11) is 0. The lowest BCUT2D eigenvalue weighted by molar-refractivity contribution is 0.485. The maximum Gasteiger partial charge on any atom is 0.0638 e. The zero-order valence-corrected chi connectivity index (χ0v) is 8.57. The van der Waals surface area contributed by atoms with E-state index in [1.165, 1.54) is 5.56 Å². The van der Waals surface area contributed by atoms with Crippen LogP contribution in [0.15, 0.2) is 24.5 Å². The molecule has 0 aliphatic rings. The van der Waals surface area contributed by atoms with Crippen molar-refractivity contribution < 1.29 is 0 Å². The molecule has 0 saturated heterocycles. The van der Waals surface area contributed by atoms with Gasteiger partial charge in [0.2, 0.25) is 0 Å². The molecular weight excluding hydrogens is 174 g/mol. The van der Waals surface area contributed by atoms with E-state index in [2.05, 4.69) is 23.3 Å². The van der Waals surface area contributed by atoms with Gasteiger partial charge in [-0.2, -0.15) is 5.26 Å². The Morgan fingerprint density at radius 2 is 2.07 bits per heavy atom. The van der Waals surface area contributed by atoms with Gasteiger partial charge in [-0.1, -0.05) is 0 Å². The Balaban J connectivity index is 2.51. The van der Waals surface area contributed by atoms with Crippen LogP contribution < -0.4 is 5.32 Å². The lowest BCUT2D eigenvalue weighted by atomic mass is 10.1. The maximum absolute atomic E-state index is 8.52. The molecule has 14 heavy (non-hydrogen) atoms. The molecule has 3 heteroatoms. The number of nitrogens with one attached hydrogen (secondary N) is 1. The minimum absolute atomic E-state index is 0.225. The van der Waals surface area contributed by atoms with Gasteiger partial charge in [-0.15, -0.1) is 0 Å². The van der Waals surface area contributed by atoms with E-state index >= 15 is 0 Å². The number of nitriles is 1. The van der Waals surface area contributed by atoms with Crippen LogP contribution in [0.3, 0.4) is 0 Å². The van der Waals surface area contributed by atoms with Gasteiger partial charge < -0.3 is 5.32 Å².